The lowest BCUT2D eigenvalue weighted by Gasteiger charge is -2.16. The Labute approximate surface area is 88.7 Å². The van der Waals surface area contributed by atoms with Gasteiger partial charge in [-0.15, -0.1) is 0 Å². The highest BCUT2D eigenvalue weighted by molar-refractivity contribution is 8.01. The SMILES string of the molecule is CCC(=O)N[C@H]1CS(=O)(=O)C[C@H]1SC. The third-order valence-electron chi connectivity index (χ3n) is 2.27. The first-order valence-corrected chi connectivity index (χ1v) is 7.62. The van der Waals surface area contributed by atoms with E-state index >= 15 is 0 Å². The van der Waals surface area contributed by atoms with Gasteiger partial charge in [0, 0.05) is 11.7 Å². The average Bonchev–Trinajstić information content (AvgIpc) is 2.40. The maximum absolute atomic E-state index is 11.3. The molecule has 14 heavy (non-hydrogen) atoms. The minimum Gasteiger partial charge on any atom is -0.351 e. The molecular weight excluding hydrogens is 222 g/mol. The van der Waals surface area contributed by atoms with E-state index in [1.165, 1.54) is 11.8 Å². The second kappa shape index (κ2) is 4.53. The Morgan fingerprint density at radius 2 is 2.14 bits per heavy atom. The van der Waals surface area contributed by atoms with Crippen LogP contribution in [0.25, 0.3) is 0 Å². The molecule has 0 bridgehead atoms. The van der Waals surface area contributed by atoms with Gasteiger partial charge in [0.25, 0.3) is 0 Å². The van der Waals surface area contributed by atoms with Crippen molar-refractivity contribution in [1.82, 2.24) is 5.32 Å². The fraction of sp³-hybridized carbons (Fsp3) is 0.875. The third-order valence-corrected chi connectivity index (χ3v) is 5.32. The van der Waals surface area contributed by atoms with Crippen LogP contribution in [-0.4, -0.2) is 43.4 Å². The van der Waals surface area contributed by atoms with E-state index in [0.717, 1.165) is 0 Å². The van der Waals surface area contributed by atoms with Gasteiger partial charge in [-0.05, 0) is 6.26 Å². The molecule has 6 heteroatoms. The summed E-state index contributed by atoms with van der Waals surface area (Å²) in [5.74, 6) is 0.193. The van der Waals surface area contributed by atoms with E-state index in [9.17, 15) is 13.2 Å². The van der Waals surface area contributed by atoms with Gasteiger partial charge in [0.05, 0.1) is 17.5 Å². The van der Waals surface area contributed by atoms with Crippen LogP contribution in [-0.2, 0) is 14.6 Å². The zero-order valence-electron chi connectivity index (χ0n) is 8.32. The normalized spacial score (nSPS) is 30.1. The highest BCUT2D eigenvalue weighted by Crippen LogP contribution is 2.22. The molecule has 0 aromatic heterocycles. The number of hydrogen-bond acceptors (Lipinski definition) is 4. The van der Waals surface area contributed by atoms with Crippen molar-refractivity contribution < 1.29 is 13.2 Å². The fourth-order valence-electron chi connectivity index (χ4n) is 1.49. The second-order valence-corrected chi connectivity index (χ2v) is 6.61. The molecule has 82 valence electrons. The predicted octanol–water partition coefficient (Wildman–Crippen LogP) is 0.0412. The number of carbonyl (C=O) groups excluding carboxylic acids is 1. The number of thioether (sulfide) groups is 1. The Hall–Kier alpha value is -0.230. The largest absolute Gasteiger partial charge is 0.351 e. The fourth-order valence-corrected chi connectivity index (χ4v) is 5.00. The summed E-state index contributed by atoms with van der Waals surface area (Å²) in [4.78, 5) is 11.1. The van der Waals surface area contributed by atoms with Crippen LogP contribution < -0.4 is 5.32 Å². The van der Waals surface area contributed by atoms with E-state index in [2.05, 4.69) is 5.32 Å². The molecule has 1 rings (SSSR count). The van der Waals surface area contributed by atoms with E-state index in [0.29, 0.717) is 6.42 Å². The summed E-state index contributed by atoms with van der Waals surface area (Å²) in [5, 5.41) is 2.76. The summed E-state index contributed by atoms with van der Waals surface area (Å²) in [7, 11) is -2.95. The maximum Gasteiger partial charge on any atom is 0.219 e. The lowest BCUT2D eigenvalue weighted by Crippen LogP contribution is -2.41. The van der Waals surface area contributed by atoms with Gasteiger partial charge in [0.2, 0.25) is 5.91 Å². The molecule has 2 atom stereocenters. The standard InChI is InChI=1S/C8H15NO3S2/c1-3-8(10)9-6-4-14(11,12)5-7(6)13-2/h6-7H,3-5H2,1-2H3,(H,9,10)/t6-,7+/m0/s1. The average molecular weight is 237 g/mol. The Morgan fingerprint density at radius 1 is 1.50 bits per heavy atom. The highest BCUT2D eigenvalue weighted by atomic mass is 32.2. The number of sulfone groups is 1. The summed E-state index contributed by atoms with van der Waals surface area (Å²) >= 11 is 1.50. The van der Waals surface area contributed by atoms with Gasteiger partial charge in [-0.1, -0.05) is 6.92 Å². The van der Waals surface area contributed by atoms with Crippen molar-refractivity contribution in [3.63, 3.8) is 0 Å². The van der Waals surface area contributed by atoms with Crippen LogP contribution >= 0.6 is 11.8 Å². The second-order valence-electron chi connectivity index (χ2n) is 3.38. The van der Waals surface area contributed by atoms with Gasteiger partial charge in [0.15, 0.2) is 9.84 Å². The molecule has 1 N–H and O–H groups in total. The minimum absolute atomic E-state index is 0.00972. The lowest BCUT2D eigenvalue weighted by molar-refractivity contribution is -0.121. The van der Waals surface area contributed by atoms with Gasteiger partial charge in [-0.3, -0.25) is 4.79 Å². The number of rotatable bonds is 3. The smallest absolute Gasteiger partial charge is 0.219 e. The van der Waals surface area contributed by atoms with Crippen molar-refractivity contribution in [2.24, 2.45) is 0 Å². The first kappa shape index (κ1) is 11.8. The Morgan fingerprint density at radius 3 is 2.64 bits per heavy atom. The Bertz CT molecular complexity index is 313. The van der Waals surface area contributed by atoms with Gasteiger partial charge < -0.3 is 5.32 Å². The van der Waals surface area contributed by atoms with Gasteiger partial charge >= 0.3 is 0 Å². The molecule has 1 aliphatic rings. The molecule has 0 aliphatic carbocycles. The molecule has 1 heterocycles. The third kappa shape index (κ3) is 2.88. The van der Waals surface area contributed by atoms with E-state index in [1.807, 2.05) is 6.26 Å². The molecule has 0 unspecified atom stereocenters. The van der Waals surface area contributed by atoms with Crippen molar-refractivity contribution in [2.45, 2.75) is 24.6 Å². The topological polar surface area (TPSA) is 63.2 Å². The zero-order valence-corrected chi connectivity index (χ0v) is 9.95. The quantitative estimate of drug-likeness (QED) is 0.753. The Kier molecular flexibility index (Phi) is 3.83. The van der Waals surface area contributed by atoms with Crippen molar-refractivity contribution in [2.75, 3.05) is 17.8 Å². The molecular formula is C8H15NO3S2. The summed E-state index contributed by atoms with van der Waals surface area (Å²) in [6.07, 6.45) is 2.27. The molecule has 4 nitrogen and oxygen atoms in total. The van der Waals surface area contributed by atoms with Gasteiger partial charge in [0.1, 0.15) is 0 Å². The first-order valence-electron chi connectivity index (χ1n) is 4.51. The summed E-state index contributed by atoms with van der Waals surface area (Å²) in [6.45, 7) is 1.76. The first-order chi connectivity index (χ1) is 6.48. The van der Waals surface area contributed by atoms with Crippen LogP contribution in [0.15, 0.2) is 0 Å². The van der Waals surface area contributed by atoms with Crippen molar-refractivity contribution in [3.05, 3.63) is 0 Å². The molecule has 0 spiro atoms. The van der Waals surface area contributed by atoms with Crippen LogP contribution in [0.5, 0.6) is 0 Å². The van der Waals surface area contributed by atoms with Gasteiger partial charge in [-0.25, -0.2) is 8.42 Å². The molecule has 1 amide bonds. The lowest BCUT2D eigenvalue weighted by atomic mass is 10.2. The number of carbonyl (C=O) groups is 1. The van der Waals surface area contributed by atoms with Crippen LogP contribution in [0.1, 0.15) is 13.3 Å². The van der Waals surface area contributed by atoms with Crippen LogP contribution in [0.3, 0.4) is 0 Å². The van der Waals surface area contributed by atoms with Crippen molar-refractivity contribution >= 4 is 27.5 Å². The molecule has 0 aromatic rings. The van der Waals surface area contributed by atoms with E-state index < -0.39 is 9.84 Å². The number of hydrogen-bond donors (Lipinski definition) is 1. The minimum atomic E-state index is -2.95. The molecule has 0 aromatic carbocycles. The van der Waals surface area contributed by atoms with Crippen LogP contribution in [0.4, 0.5) is 0 Å². The van der Waals surface area contributed by atoms with E-state index in [1.54, 1.807) is 6.92 Å². The molecule has 0 radical (unpaired) electrons. The molecule has 1 aliphatic heterocycles. The van der Waals surface area contributed by atoms with E-state index in [4.69, 9.17) is 0 Å². The molecule has 1 fully saturated rings. The monoisotopic (exact) mass is 237 g/mol. The summed E-state index contributed by atoms with van der Waals surface area (Å²) in [6, 6.07) is -0.206. The van der Waals surface area contributed by atoms with Gasteiger partial charge in [-0.2, -0.15) is 11.8 Å². The summed E-state index contributed by atoms with van der Waals surface area (Å²) < 4.78 is 22.6. The highest BCUT2D eigenvalue weighted by Gasteiger charge is 2.37. The van der Waals surface area contributed by atoms with E-state index in [-0.39, 0.29) is 28.7 Å². The summed E-state index contributed by atoms with van der Waals surface area (Å²) in [5.41, 5.74) is 0. The molecule has 0 saturated carbocycles. The zero-order chi connectivity index (χ0) is 10.8. The maximum atomic E-state index is 11.3. The van der Waals surface area contributed by atoms with Crippen LogP contribution in [0, 0.1) is 0 Å². The number of amides is 1. The number of nitrogens with one attached hydrogen (secondary N) is 1. The van der Waals surface area contributed by atoms with Crippen molar-refractivity contribution in [1.29, 1.82) is 0 Å². The van der Waals surface area contributed by atoms with Crippen molar-refractivity contribution in [3.8, 4) is 0 Å². The van der Waals surface area contributed by atoms with Crippen LogP contribution in [0.2, 0.25) is 0 Å². The molecule has 1 saturated heterocycles. The Balaban J connectivity index is 2.64. The predicted molar refractivity (Wildman–Crippen MR) is 58.2 cm³/mol.